The van der Waals surface area contributed by atoms with Gasteiger partial charge < -0.3 is 15.1 Å². The molecular formula is C23H25ClN4O2. The Kier molecular flexibility index (Phi) is 4.69. The first-order chi connectivity index (χ1) is 14.4. The van der Waals surface area contributed by atoms with Crippen LogP contribution >= 0.6 is 11.6 Å². The quantitative estimate of drug-likeness (QED) is 0.819. The molecule has 0 bridgehead atoms. The molecule has 1 aromatic carbocycles. The number of hydrogen-bond donors (Lipinski definition) is 1. The van der Waals surface area contributed by atoms with E-state index >= 15 is 0 Å². The highest BCUT2D eigenvalue weighted by atomic mass is 35.5. The van der Waals surface area contributed by atoms with Crippen LogP contribution in [0.2, 0.25) is 5.02 Å². The first-order valence-electron chi connectivity index (χ1n) is 10.5. The summed E-state index contributed by atoms with van der Waals surface area (Å²) in [6, 6.07) is 9.96. The Hall–Kier alpha value is -2.60. The lowest BCUT2D eigenvalue weighted by molar-refractivity contribution is -0.129. The number of nitrogens with one attached hydrogen (secondary N) is 1. The Balaban J connectivity index is 1.31. The molecule has 0 radical (unpaired) electrons. The molecule has 2 aromatic rings. The lowest BCUT2D eigenvalue weighted by atomic mass is 9.89. The summed E-state index contributed by atoms with van der Waals surface area (Å²) >= 11 is 6.03. The highest BCUT2D eigenvalue weighted by Gasteiger charge is 2.37. The van der Waals surface area contributed by atoms with E-state index in [2.05, 4.69) is 17.2 Å². The molecule has 2 amide bonds. The molecule has 1 aromatic heterocycles. The zero-order valence-electron chi connectivity index (χ0n) is 17.0. The number of fused-ring (bicyclic) bond motifs is 1. The second-order valence-corrected chi connectivity index (χ2v) is 9.19. The lowest BCUT2D eigenvalue weighted by Crippen LogP contribution is -2.39. The summed E-state index contributed by atoms with van der Waals surface area (Å²) < 4.78 is 0. The van der Waals surface area contributed by atoms with Gasteiger partial charge in [-0.2, -0.15) is 0 Å². The van der Waals surface area contributed by atoms with Crippen molar-refractivity contribution >= 4 is 29.2 Å². The number of rotatable bonds is 3. The minimum Gasteiger partial charge on any atom is -0.360 e. The molecule has 6 nitrogen and oxygen atoms in total. The molecule has 0 saturated carbocycles. The van der Waals surface area contributed by atoms with Crippen molar-refractivity contribution in [3.8, 4) is 0 Å². The molecule has 30 heavy (non-hydrogen) atoms. The number of benzene rings is 1. The molecule has 1 N–H and O–H groups in total. The van der Waals surface area contributed by atoms with Crippen molar-refractivity contribution in [3.05, 3.63) is 58.2 Å². The molecule has 3 aliphatic rings. The third kappa shape index (κ3) is 3.33. The zero-order valence-corrected chi connectivity index (χ0v) is 17.8. The summed E-state index contributed by atoms with van der Waals surface area (Å²) in [5.41, 5.74) is 2.51. The smallest absolute Gasteiger partial charge is 0.255 e. The normalized spacial score (nSPS) is 25.5. The van der Waals surface area contributed by atoms with Crippen LogP contribution in [0.4, 0.5) is 5.82 Å². The molecule has 4 heterocycles. The third-order valence-corrected chi connectivity index (χ3v) is 6.89. The molecular weight excluding hydrogens is 400 g/mol. The molecule has 3 aliphatic heterocycles. The van der Waals surface area contributed by atoms with Gasteiger partial charge in [-0.3, -0.25) is 9.59 Å². The summed E-state index contributed by atoms with van der Waals surface area (Å²) in [6.07, 6.45) is 4.83. The molecule has 0 spiro atoms. The lowest BCUT2D eigenvalue weighted by Gasteiger charge is -2.25. The van der Waals surface area contributed by atoms with Crippen molar-refractivity contribution in [1.82, 2.24) is 14.8 Å². The van der Waals surface area contributed by atoms with E-state index in [1.54, 1.807) is 6.20 Å². The molecule has 5 rings (SSSR count). The largest absolute Gasteiger partial charge is 0.360 e. The minimum absolute atomic E-state index is 0.000424. The fourth-order valence-electron chi connectivity index (χ4n) is 4.97. The first-order valence-corrected chi connectivity index (χ1v) is 10.9. The van der Waals surface area contributed by atoms with Gasteiger partial charge in [0.25, 0.3) is 5.91 Å². The highest BCUT2D eigenvalue weighted by Crippen LogP contribution is 2.38. The number of halogens is 1. The number of likely N-dealkylation sites (tertiary alicyclic amines) is 2. The molecule has 156 valence electrons. The molecule has 2 fully saturated rings. The number of nitrogens with zero attached hydrogens (tertiary/aromatic N) is 3. The van der Waals surface area contributed by atoms with Crippen LogP contribution < -0.4 is 5.32 Å². The van der Waals surface area contributed by atoms with Gasteiger partial charge in [-0.15, -0.1) is 0 Å². The summed E-state index contributed by atoms with van der Waals surface area (Å²) in [7, 11) is 0. The number of carbonyl (C=O) groups is 2. The van der Waals surface area contributed by atoms with Gasteiger partial charge in [0.2, 0.25) is 5.91 Å². The van der Waals surface area contributed by atoms with Crippen LogP contribution in [-0.4, -0.2) is 52.3 Å². The number of aromatic nitrogens is 1. The number of carbonyl (C=O) groups excluding carboxylic acids is 2. The minimum atomic E-state index is -0.281. The van der Waals surface area contributed by atoms with E-state index in [-0.39, 0.29) is 23.4 Å². The monoisotopic (exact) mass is 424 g/mol. The van der Waals surface area contributed by atoms with E-state index in [0.717, 1.165) is 42.8 Å². The van der Waals surface area contributed by atoms with Gasteiger partial charge in [-0.1, -0.05) is 23.7 Å². The van der Waals surface area contributed by atoms with Crippen LogP contribution in [0.3, 0.4) is 0 Å². The molecule has 7 heteroatoms. The maximum atomic E-state index is 13.1. The van der Waals surface area contributed by atoms with Crippen LogP contribution in [0.1, 0.15) is 47.7 Å². The Morgan fingerprint density at radius 2 is 2.07 bits per heavy atom. The Morgan fingerprint density at radius 3 is 2.80 bits per heavy atom. The van der Waals surface area contributed by atoms with Gasteiger partial charge in [0.1, 0.15) is 5.82 Å². The maximum Gasteiger partial charge on any atom is 0.255 e. The summed E-state index contributed by atoms with van der Waals surface area (Å²) in [5.74, 6) is 1.05. The topological polar surface area (TPSA) is 65.5 Å². The number of pyridine rings is 1. The van der Waals surface area contributed by atoms with Gasteiger partial charge in [0.05, 0.1) is 17.1 Å². The first kappa shape index (κ1) is 19.4. The van der Waals surface area contributed by atoms with E-state index in [0.29, 0.717) is 30.1 Å². The Labute approximate surface area is 181 Å². The fraction of sp³-hybridized carbons (Fsp3) is 0.435. The Bertz CT molecular complexity index is 1010. The van der Waals surface area contributed by atoms with Gasteiger partial charge in [-0.25, -0.2) is 4.98 Å². The van der Waals surface area contributed by atoms with E-state index in [1.807, 2.05) is 40.1 Å². The zero-order chi connectivity index (χ0) is 20.9. The van der Waals surface area contributed by atoms with Gasteiger partial charge in [0, 0.05) is 43.7 Å². The van der Waals surface area contributed by atoms with Crippen LogP contribution in [0.5, 0.6) is 0 Å². The van der Waals surface area contributed by atoms with Crippen molar-refractivity contribution in [2.75, 3.05) is 25.0 Å². The summed E-state index contributed by atoms with van der Waals surface area (Å²) in [5, 5.41) is 4.22. The van der Waals surface area contributed by atoms with Gasteiger partial charge in [0.15, 0.2) is 0 Å². The van der Waals surface area contributed by atoms with Gasteiger partial charge in [-0.05, 0) is 49.1 Å². The standard InChI is InChI=1S/C23H25ClN4O2/c1-23(17-4-6-18(24)7-5-17)12-15-11-16(13-25-21(15)26-23)22(30)27-10-8-19(14-27)28-9-2-3-20(28)29/h4-7,11,13,19H,2-3,8-10,12,14H2,1H3,(H,25,26)/t19-,23+/m0/s1. The molecule has 2 saturated heterocycles. The van der Waals surface area contributed by atoms with Crippen LogP contribution in [0, 0.1) is 0 Å². The Morgan fingerprint density at radius 1 is 1.27 bits per heavy atom. The molecule has 0 unspecified atom stereocenters. The second-order valence-electron chi connectivity index (χ2n) is 8.76. The van der Waals surface area contributed by atoms with Crippen molar-refractivity contribution < 1.29 is 9.59 Å². The second kappa shape index (κ2) is 7.27. The predicted octanol–water partition coefficient (Wildman–Crippen LogP) is 3.46. The number of amides is 2. The number of hydrogen-bond acceptors (Lipinski definition) is 4. The highest BCUT2D eigenvalue weighted by molar-refractivity contribution is 6.30. The summed E-state index contributed by atoms with van der Waals surface area (Å²) in [6.45, 7) is 4.26. The SMILES string of the molecule is C[C@]1(c2ccc(Cl)cc2)Cc2cc(C(=O)N3CC[C@H](N4CCCC4=O)C3)cnc2N1. The average Bonchev–Trinajstić information content (AvgIpc) is 3.45. The van der Waals surface area contributed by atoms with Crippen molar-refractivity contribution in [2.24, 2.45) is 0 Å². The molecule has 2 atom stereocenters. The maximum absolute atomic E-state index is 13.1. The van der Waals surface area contributed by atoms with E-state index in [9.17, 15) is 9.59 Å². The van der Waals surface area contributed by atoms with Crippen LogP contribution in [0.25, 0.3) is 0 Å². The van der Waals surface area contributed by atoms with E-state index in [1.165, 1.54) is 0 Å². The van der Waals surface area contributed by atoms with Crippen molar-refractivity contribution in [2.45, 2.75) is 44.2 Å². The van der Waals surface area contributed by atoms with Gasteiger partial charge >= 0.3 is 0 Å². The van der Waals surface area contributed by atoms with E-state index in [4.69, 9.17) is 11.6 Å². The van der Waals surface area contributed by atoms with Crippen molar-refractivity contribution in [3.63, 3.8) is 0 Å². The third-order valence-electron chi connectivity index (χ3n) is 6.63. The fourth-order valence-corrected chi connectivity index (χ4v) is 5.10. The summed E-state index contributed by atoms with van der Waals surface area (Å²) in [4.78, 5) is 33.5. The van der Waals surface area contributed by atoms with E-state index < -0.39 is 0 Å². The average molecular weight is 425 g/mol. The van der Waals surface area contributed by atoms with Crippen molar-refractivity contribution in [1.29, 1.82) is 0 Å². The predicted molar refractivity (Wildman–Crippen MR) is 116 cm³/mol. The van der Waals surface area contributed by atoms with Crippen LogP contribution in [-0.2, 0) is 16.8 Å². The van der Waals surface area contributed by atoms with Crippen LogP contribution in [0.15, 0.2) is 36.5 Å². The molecule has 0 aliphatic carbocycles. The number of anilines is 1.